The van der Waals surface area contributed by atoms with E-state index in [9.17, 15) is 14.7 Å². The molecule has 4 nitrogen and oxygen atoms in total. The number of nitrogens with zero attached hydrogens (tertiary/aromatic N) is 1. The number of aryl methyl sites for hydroxylation is 1. The van der Waals surface area contributed by atoms with Crippen LogP contribution in [0.15, 0.2) is 46.7 Å². The van der Waals surface area contributed by atoms with Crippen molar-refractivity contribution < 1.29 is 14.7 Å². The van der Waals surface area contributed by atoms with E-state index in [1.54, 1.807) is 0 Å². The van der Waals surface area contributed by atoms with Gasteiger partial charge in [-0.2, -0.15) is 11.8 Å². The number of aliphatic imine (C=N–C) groups is 1. The second-order valence-corrected chi connectivity index (χ2v) is 5.72. The van der Waals surface area contributed by atoms with Crippen molar-refractivity contribution >= 4 is 29.2 Å². The van der Waals surface area contributed by atoms with Gasteiger partial charge in [0.15, 0.2) is 11.5 Å². The first-order valence-electron chi connectivity index (χ1n) is 6.75. The van der Waals surface area contributed by atoms with Gasteiger partial charge in [-0.1, -0.05) is 30.3 Å². The Morgan fingerprint density at radius 1 is 1.24 bits per heavy atom. The van der Waals surface area contributed by atoms with E-state index in [-0.39, 0.29) is 23.5 Å². The van der Waals surface area contributed by atoms with E-state index < -0.39 is 5.91 Å². The third-order valence-corrected chi connectivity index (χ3v) is 3.88. The smallest absolute Gasteiger partial charge is 0.284 e. The molecule has 0 saturated carbocycles. The monoisotopic (exact) mass is 303 g/mol. The van der Waals surface area contributed by atoms with Crippen LogP contribution in [0.2, 0.25) is 0 Å². The largest absolute Gasteiger partial charge is 0.505 e. The van der Waals surface area contributed by atoms with Crippen LogP contribution in [0.4, 0.5) is 0 Å². The second kappa shape index (κ2) is 7.22. The molecule has 0 atom stereocenters. The summed E-state index contributed by atoms with van der Waals surface area (Å²) in [5.41, 5.74) is 1.27. The number of ketones is 1. The zero-order chi connectivity index (χ0) is 15.2. The molecule has 0 radical (unpaired) electrons. The molecular formula is C16H17NO3S. The van der Waals surface area contributed by atoms with Crippen LogP contribution in [0.5, 0.6) is 0 Å². The Labute approximate surface area is 128 Å². The fourth-order valence-corrected chi connectivity index (χ4v) is 2.52. The number of carbonyl (C=O) groups is 2. The van der Waals surface area contributed by atoms with E-state index in [1.165, 1.54) is 11.8 Å². The third-order valence-electron chi connectivity index (χ3n) is 3.27. The van der Waals surface area contributed by atoms with Crippen molar-refractivity contribution in [2.45, 2.75) is 19.3 Å². The van der Waals surface area contributed by atoms with Gasteiger partial charge in [-0.25, -0.2) is 4.99 Å². The molecule has 0 unspecified atom stereocenters. The maximum atomic E-state index is 11.9. The Hall–Kier alpha value is -1.88. The summed E-state index contributed by atoms with van der Waals surface area (Å²) in [6.07, 6.45) is 3.25. The van der Waals surface area contributed by atoms with E-state index >= 15 is 0 Å². The number of aliphatic hydroxyl groups excluding tert-OH is 1. The number of hydrogen-bond acceptors (Lipinski definition) is 4. The number of thioether (sulfide) groups is 1. The third kappa shape index (κ3) is 3.82. The van der Waals surface area contributed by atoms with Gasteiger partial charge in [0, 0.05) is 12.2 Å². The lowest BCUT2D eigenvalue weighted by Crippen LogP contribution is -2.12. The Morgan fingerprint density at radius 2 is 1.95 bits per heavy atom. The zero-order valence-corrected chi connectivity index (χ0v) is 12.7. The van der Waals surface area contributed by atoms with E-state index in [0.717, 1.165) is 5.56 Å². The van der Waals surface area contributed by atoms with Crippen molar-refractivity contribution in [2.24, 2.45) is 4.99 Å². The van der Waals surface area contributed by atoms with Crippen LogP contribution >= 0.6 is 11.8 Å². The Morgan fingerprint density at radius 3 is 2.62 bits per heavy atom. The molecule has 0 bridgehead atoms. The SMILES string of the molecule is CSCCC(=O)C1=C(O)C(CCc2ccccc2)=NC1=O. The molecule has 1 aliphatic rings. The number of aliphatic hydroxyl groups is 1. The minimum absolute atomic E-state index is 0.146. The average molecular weight is 303 g/mol. The number of allylic oxidation sites excluding steroid dienone is 1. The fourth-order valence-electron chi connectivity index (χ4n) is 2.13. The molecule has 0 aromatic heterocycles. The number of amides is 1. The number of rotatable bonds is 7. The van der Waals surface area contributed by atoms with Gasteiger partial charge in [-0.05, 0) is 24.7 Å². The van der Waals surface area contributed by atoms with E-state index in [4.69, 9.17) is 0 Å². The normalized spacial score (nSPS) is 14.5. The highest BCUT2D eigenvalue weighted by Crippen LogP contribution is 2.20. The molecule has 1 aliphatic heterocycles. The summed E-state index contributed by atoms with van der Waals surface area (Å²) in [7, 11) is 0. The van der Waals surface area contributed by atoms with Crippen molar-refractivity contribution in [3.63, 3.8) is 0 Å². The van der Waals surface area contributed by atoms with E-state index in [0.29, 0.717) is 24.3 Å². The molecule has 1 aromatic rings. The maximum Gasteiger partial charge on any atom is 0.284 e. The predicted molar refractivity (Wildman–Crippen MR) is 84.9 cm³/mol. The van der Waals surface area contributed by atoms with Crippen molar-refractivity contribution in [1.29, 1.82) is 0 Å². The second-order valence-electron chi connectivity index (χ2n) is 4.74. The summed E-state index contributed by atoms with van der Waals surface area (Å²) >= 11 is 1.53. The highest BCUT2D eigenvalue weighted by atomic mass is 32.2. The molecule has 1 N–H and O–H groups in total. The lowest BCUT2D eigenvalue weighted by atomic mass is 10.0. The minimum atomic E-state index is -0.610. The zero-order valence-electron chi connectivity index (χ0n) is 11.8. The van der Waals surface area contributed by atoms with Crippen molar-refractivity contribution in [1.82, 2.24) is 0 Å². The first-order chi connectivity index (χ1) is 10.1. The lowest BCUT2D eigenvalue weighted by Gasteiger charge is -2.03. The topological polar surface area (TPSA) is 66.7 Å². The maximum absolute atomic E-state index is 11.9. The molecule has 1 amide bonds. The van der Waals surface area contributed by atoms with Gasteiger partial charge in [0.1, 0.15) is 5.57 Å². The van der Waals surface area contributed by atoms with Crippen LogP contribution in [0.25, 0.3) is 0 Å². The van der Waals surface area contributed by atoms with E-state index in [2.05, 4.69) is 4.99 Å². The summed E-state index contributed by atoms with van der Waals surface area (Å²) < 4.78 is 0. The highest BCUT2D eigenvalue weighted by molar-refractivity contribution is 7.98. The molecule has 5 heteroatoms. The molecule has 0 spiro atoms. The fraction of sp³-hybridized carbons (Fsp3) is 0.312. The predicted octanol–water partition coefficient (Wildman–Crippen LogP) is 2.73. The van der Waals surface area contributed by atoms with Gasteiger partial charge < -0.3 is 5.11 Å². The molecule has 0 fully saturated rings. The summed E-state index contributed by atoms with van der Waals surface area (Å²) in [5, 5.41) is 10.1. The van der Waals surface area contributed by atoms with E-state index in [1.807, 2.05) is 36.6 Å². The molecule has 0 saturated heterocycles. The Kier molecular flexibility index (Phi) is 5.33. The van der Waals surface area contributed by atoms with Crippen molar-refractivity contribution in [3.05, 3.63) is 47.2 Å². The molecule has 21 heavy (non-hydrogen) atoms. The minimum Gasteiger partial charge on any atom is -0.505 e. The summed E-state index contributed by atoms with van der Waals surface area (Å²) in [6.45, 7) is 0. The number of Topliss-reactive ketones (excluding diaryl/α,β-unsaturated/α-hetero) is 1. The first-order valence-corrected chi connectivity index (χ1v) is 8.14. The van der Waals surface area contributed by atoms with Gasteiger partial charge in [0.25, 0.3) is 5.91 Å². The molecule has 0 aliphatic carbocycles. The summed E-state index contributed by atoms with van der Waals surface area (Å²) in [5.74, 6) is -0.545. The van der Waals surface area contributed by atoms with Gasteiger partial charge in [-0.3, -0.25) is 9.59 Å². The van der Waals surface area contributed by atoms with Crippen molar-refractivity contribution in [3.8, 4) is 0 Å². The van der Waals surface area contributed by atoms with Gasteiger partial charge in [0.2, 0.25) is 0 Å². The quantitative estimate of drug-likeness (QED) is 0.787. The highest BCUT2D eigenvalue weighted by Gasteiger charge is 2.30. The standard InChI is InChI=1S/C16H17NO3S/c1-21-10-9-13(18)14-15(19)12(17-16(14)20)8-7-11-5-3-2-4-6-11/h2-6,19H,7-10H2,1H3. The van der Waals surface area contributed by atoms with Crippen LogP contribution in [0.3, 0.4) is 0 Å². The Bertz CT molecular complexity index is 605. The molecular weight excluding hydrogens is 286 g/mol. The summed E-state index contributed by atoms with van der Waals surface area (Å²) in [4.78, 5) is 27.5. The van der Waals surface area contributed by atoms with Crippen LogP contribution in [-0.4, -0.2) is 34.5 Å². The van der Waals surface area contributed by atoms with Gasteiger partial charge >= 0.3 is 0 Å². The molecule has 2 rings (SSSR count). The lowest BCUT2D eigenvalue weighted by molar-refractivity contribution is -0.120. The number of hydrogen-bond donors (Lipinski definition) is 1. The Balaban J connectivity index is 2.04. The molecule has 110 valence electrons. The average Bonchev–Trinajstić information content (AvgIpc) is 2.78. The first kappa shape index (κ1) is 15.5. The summed E-state index contributed by atoms with van der Waals surface area (Å²) in [6, 6.07) is 9.75. The number of benzene rings is 1. The van der Waals surface area contributed by atoms with Gasteiger partial charge in [-0.15, -0.1) is 0 Å². The van der Waals surface area contributed by atoms with Crippen LogP contribution in [0, 0.1) is 0 Å². The number of carbonyl (C=O) groups excluding carboxylic acids is 2. The molecule has 1 aromatic carbocycles. The van der Waals surface area contributed by atoms with Crippen LogP contribution in [-0.2, 0) is 16.0 Å². The van der Waals surface area contributed by atoms with Gasteiger partial charge in [0.05, 0.1) is 5.71 Å². The van der Waals surface area contributed by atoms with Crippen LogP contribution in [0.1, 0.15) is 18.4 Å². The van der Waals surface area contributed by atoms with Crippen LogP contribution < -0.4 is 0 Å². The van der Waals surface area contributed by atoms with Crippen molar-refractivity contribution in [2.75, 3.05) is 12.0 Å². The molecule has 1 heterocycles.